The number of benzene rings is 2. The molecule has 0 unspecified atom stereocenters. The van der Waals surface area contributed by atoms with Crippen LogP contribution in [0.15, 0.2) is 48.5 Å². The number of halogens is 1. The third-order valence-corrected chi connectivity index (χ3v) is 4.45. The molecule has 0 aliphatic carbocycles. The molecule has 2 rings (SSSR count). The number of thioether (sulfide) groups is 1. The van der Waals surface area contributed by atoms with E-state index in [1.165, 1.54) is 31.2 Å². The Morgan fingerprint density at radius 3 is 2.43 bits per heavy atom. The van der Waals surface area contributed by atoms with Crippen LogP contribution in [0.3, 0.4) is 0 Å². The van der Waals surface area contributed by atoms with Crippen molar-refractivity contribution in [3.63, 3.8) is 0 Å². The SMILES string of the molecule is Cc1cccc(NC(=O)CSCC(=O)O[C@@H](C)C(=O)Nc2ccc(F)cc2)c1. The Kier molecular flexibility index (Phi) is 8.01. The molecule has 0 saturated carbocycles. The maximum atomic E-state index is 12.9. The first-order valence-corrected chi connectivity index (χ1v) is 9.69. The fourth-order valence-corrected chi connectivity index (χ4v) is 2.80. The fraction of sp³-hybridized carbons (Fsp3) is 0.250. The molecule has 0 bridgehead atoms. The summed E-state index contributed by atoms with van der Waals surface area (Å²) in [6.07, 6.45) is -1.01. The van der Waals surface area contributed by atoms with Gasteiger partial charge in [-0.25, -0.2) is 4.39 Å². The van der Waals surface area contributed by atoms with Crippen LogP contribution in [-0.2, 0) is 19.1 Å². The Morgan fingerprint density at radius 1 is 1.04 bits per heavy atom. The number of carbonyl (C=O) groups is 3. The molecule has 2 aromatic carbocycles. The highest BCUT2D eigenvalue weighted by Gasteiger charge is 2.18. The normalized spacial score (nSPS) is 11.4. The van der Waals surface area contributed by atoms with E-state index in [-0.39, 0.29) is 17.4 Å². The predicted octanol–water partition coefficient (Wildman–Crippen LogP) is 3.38. The molecule has 0 saturated heterocycles. The summed E-state index contributed by atoms with van der Waals surface area (Å²) in [5.74, 6) is -1.75. The van der Waals surface area contributed by atoms with Gasteiger partial charge in [0.2, 0.25) is 5.91 Å². The van der Waals surface area contributed by atoms with E-state index in [1.54, 1.807) is 6.07 Å². The van der Waals surface area contributed by atoms with E-state index in [9.17, 15) is 18.8 Å². The highest BCUT2D eigenvalue weighted by molar-refractivity contribution is 8.00. The zero-order valence-corrected chi connectivity index (χ0v) is 16.3. The summed E-state index contributed by atoms with van der Waals surface area (Å²) in [6, 6.07) is 12.6. The highest BCUT2D eigenvalue weighted by Crippen LogP contribution is 2.12. The Morgan fingerprint density at radius 2 is 1.75 bits per heavy atom. The van der Waals surface area contributed by atoms with Crippen LogP contribution in [0.1, 0.15) is 12.5 Å². The lowest BCUT2D eigenvalue weighted by molar-refractivity contribution is -0.150. The fourth-order valence-electron chi connectivity index (χ4n) is 2.21. The maximum Gasteiger partial charge on any atom is 0.316 e. The second-order valence-corrected chi connectivity index (χ2v) is 7.02. The molecule has 148 valence electrons. The number of anilines is 2. The van der Waals surface area contributed by atoms with Crippen molar-refractivity contribution in [2.45, 2.75) is 20.0 Å². The number of aryl methyl sites for hydroxylation is 1. The largest absolute Gasteiger partial charge is 0.452 e. The molecule has 1 atom stereocenters. The van der Waals surface area contributed by atoms with Crippen LogP contribution in [0.25, 0.3) is 0 Å². The van der Waals surface area contributed by atoms with Crippen molar-refractivity contribution in [3.8, 4) is 0 Å². The number of rotatable bonds is 8. The topological polar surface area (TPSA) is 84.5 Å². The van der Waals surface area contributed by atoms with Gasteiger partial charge in [0.15, 0.2) is 6.10 Å². The second kappa shape index (κ2) is 10.5. The Balaban J connectivity index is 1.68. The summed E-state index contributed by atoms with van der Waals surface area (Å²) >= 11 is 1.09. The van der Waals surface area contributed by atoms with Gasteiger partial charge in [0.25, 0.3) is 5.91 Å². The predicted molar refractivity (Wildman–Crippen MR) is 108 cm³/mol. The minimum absolute atomic E-state index is 0.0601. The summed E-state index contributed by atoms with van der Waals surface area (Å²) in [5, 5.41) is 5.27. The monoisotopic (exact) mass is 404 g/mol. The van der Waals surface area contributed by atoms with E-state index in [4.69, 9.17) is 4.74 Å². The van der Waals surface area contributed by atoms with Gasteiger partial charge in [-0.15, -0.1) is 11.8 Å². The van der Waals surface area contributed by atoms with Crippen LogP contribution in [0.4, 0.5) is 15.8 Å². The molecule has 0 fully saturated rings. The van der Waals surface area contributed by atoms with Crippen molar-refractivity contribution in [3.05, 3.63) is 59.9 Å². The van der Waals surface area contributed by atoms with Gasteiger partial charge in [0.05, 0.1) is 11.5 Å². The minimum Gasteiger partial charge on any atom is -0.452 e. The second-order valence-electron chi connectivity index (χ2n) is 6.04. The number of hydrogen-bond acceptors (Lipinski definition) is 5. The van der Waals surface area contributed by atoms with Gasteiger partial charge in [-0.2, -0.15) is 0 Å². The first kappa shape index (κ1) is 21.4. The average molecular weight is 404 g/mol. The van der Waals surface area contributed by atoms with Crippen LogP contribution < -0.4 is 10.6 Å². The van der Waals surface area contributed by atoms with E-state index in [2.05, 4.69) is 10.6 Å². The van der Waals surface area contributed by atoms with Gasteiger partial charge >= 0.3 is 5.97 Å². The van der Waals surface area contributed by atoms with Gasteiger partial charge in [-0.1, -0.05) is 12.1 Å². The van der Waals surface area contributed by atoms with Crippen molar-refractivity contribution >= 4 is 40.9 Å². The van der Waals surface area contributed by atoms with Gasteiger partial charge in [-0.05, 0) is 55.8 Å². The summed E-state index contributed by atoms with van der Waals surface area (Å²) in [4.78, 5) is 35.7. The molecule has 6 nitrogen and oxygen atoms in total. The van der Waals surface area contributed by atoms with Crippen molar-refractivity contribution in [1.82, 2.24) is 0 Å². The highest BCUT2D eigenvalue weighted by atomic mass is 32.2. The standard InChI is InChI=1S/C20H21FN2O4S/c1-13-4-3-5-17(10-13)22-18(24)11-28-12-19(25)27-14(2)20(26)23-16-8-6-15(21)7-9-16/h3-10,14H,11-12H2,1-2H3,(H,22,24)(H,23,26)/t14-/m0/s1. The minimum atomic E-state index is -1.01. The molecular weight excluding hydrogens is 383 g/mol. The number of carbonyl (C=O) groups excluding carboxylic acids is 3. The van der Waals surface area contributed by atoms with Crippen LogP contribution in [0, 0.1) is 12.7 Å². The molecule has 0 aromatic heterocycles. The van der Waals surface area contributed by atoms with Gasteiger partial charge in [-0.3, -0.25) is 14.4 Å². The summed E-state index contributed by atoms with van der Waals surface area (Å²) in [6.45, 7) is 3.36. The van der Waals surface area contributed by atoms with Crippen molar-refractivity contribution in [2.75, 3.05) is 22.1 Å². The first-order chi connectivity index (χ1) is 13.3. The summed E-state index contributed by atoms with van der Waals surface area (Å²) in [7, 11) is 0. The quantitative estimate of drug-likeness (QED) is 0.659. The molecule has 0 heterocycles. The van der Waals surface area contributed by atoms with Gasteiger partial charge < -0.3 is 15.4 Å². The molecule has 0 aliphatic rings. The Bertz CT molecular complexity index is 842. The maximum absolute atomic E-state index is 12.9. The molecule has 2 amide bonds. The first-order valence-electron chi connectivity index (χ1n) is 8.53. The lowest BCUT2D eigenvalue weighted by Gasteiger charge is -2.13. The van der Waals surface area contributed by atoms with Crippen molar-refractivity contribution in [2.24, 2.45) is 0 Å². The number of amides is 2. The van der Waals surface area contributed by atoms with Gasteiger partial charge in [0, 0.05) is 11.4 Å². The Hall–Kier alpha value is -2.87. The number of ether oxygens (including phenoxy) is 1. The lowest BCUT2D eigenvalue weighted by atomic mass is 10.2. The summed E-state index contributed by atoms with van der Waals surface area (Å²) < 4.78 is 17.9. The zero-order chi connectivity index (χ0) is 20.5. The smallest absolute Gasteiger partial charge is 0.316 e. The van der Waals surface area contributed by atoms with Crippen LogP contribution in [0.5, 0.6) is 0 Å². The average Bonchev–Trinajstić information content (AvgIpc) is 2.63. The van der Waals surface area contributed by atoms with Crippen LogP contribution in [-0.4, -0.2) is 35.4 Å². The molecule has 0 radical (unpaired) electrons. The third kappa shape index (κ3) is 7.40. The van der Waals surface area contributed by atoms with E-state index in [1.807, 2.05) is 25.1 Å². The van der Waals surface area contributed by atoms with E-state index >= 15 is 0 Å². The number of esters is 1. The van der Waals surface area contributed by atoms with E-state index < -0.39 is 23.8 Å². The lowest BCUT2D eigenvalue weighted by Crippen LogP contribution is -2.30. The molecule has 8 heteroatoms. The number of hydrogen-bond donors (Lipinski definition) is 2. The summed E-state index contributed by atoms with van der Waals surface area (Å²) in [5.41, 5.74) is 2.12. The Labute approximate surface area is 166 Å². The third-order valence-electron chi connectivity index (χ3n) is 3.54. The molecule has 2 aromatic rings. The van der Waals surface area contributed by atoms with Gasteiger partial charge in [0.1, 0.15) is 5.82 Å². The molecule has 0 aliphatic heterocycles. The molecular formula is C20H21FN2O4S. The number of nitrogens with one attached hydrogen (secondary N) is 2. The van der Waals surface area contributed by atoms with Crippen molar-refractivity contribution < 1.29 is 23.5 Å². The molecule has 2 N–H and O–H groups in total. The van der Waals surface area contributed by atoms with Crippen molar-refractivity contribution in [1.29, 1.82) is 0 Å². The van der Waals surface area contributed by atoms with E-state index in [0.717, 1.165) is 17.3 Å². The van der Waals surface area contributed by atoms with Crippen LogP contribution >= 0.6 is 11.8 Å². The molecule has 28 heavy (non-hydrogen) atoms. The zero-order valence-electron chi connectivity index (χ0n) is 15.5. The molecule has 0 spiro atoms. The van der Waals surface area contributed by atoms with E-state index in [0.29, 0.717) is 11.4 Å². The van der Waals surface area contributed by atoms with Crippen LogP contribution in [0.2, 0.25) is 0 Å².